The molecule has 2 aromatic carbocycles. The standard InChI is InChI=1S/C20H19ClN2O3/c1-2-26-20(24)16-5-3-15(4-6-16)12-25-13-17-7-8-18(11-19(17)21)23-10-9-22-14-23/h3-11,14H,2,12-13H2,1H3. The molecule has 5 nitrogen and oxygen atoms in total. The van der Waals surface area contributed by atoms with Gasteiger partial charge in [0.1, 0.15) is 0 Å². The van der Waals surface area contributed by atoms with Gasteiger partial charge in [-0.3, -0.25) is 0 Å². The molecule has 6 heteroatoms. The third-order valence-corrected chi connectivity index (χ3v) is 4.18. The monoisotopic (exact) mass is 370 g/mol. The van der Waals surface area contributed by atoms with Gasteiger partial charge in [-0.05, 0) is 42.3 Å². The van der Waals surface area contributed by atoms with E-state index in [9.17, 15) is 4.79 Å². The first-order chi connectivity index (χ1) is 12.7. The third-order valence-electron chi connectivity index (χ3n) is 3.83. The molecule has 3 rings (SSSR count). The van der Waals surface area contributed by atoms with Gasteiger partial charge in [0.2, 0.25) is 0 Å². The minimum atomic E-state index is -0.315. The highest BCUT2D eigenvalue weighted by Crippen LogP contribution is 2.21. The summed E-state index contributed by atoms with van der Waals surface area (Å²) in [5.41, 5.74) is 3.38. The van der Waals surface area contributed by atoms with E-state index in [0.717, 1.165) is 16.8 Å². The number of esters is 1. The average Bonchev–Trinajstić information content (AvgIpc) is 3.18. The molecule has 0 amide bonds. The largest absolute Gasteiger partial charge is 0.462 e. The maximum Gasteiger partial charge on any atom is 0.338 e. The highest BCUT2D eigenvalue weighted by Gasteiger charge is 2.07. The number of ether oxygens (including phenoxy) is 2. The Balaban J connectivity index is 1.55. The van der Waals surface area contributed by atoms with Crippen LogP contribution in [0.15, 0.2) is 61.2 Å². The summed E-state index contributed by atoms with van der Waals surface area (Å²) < 4.78 is 12.6. The van der Waals surface area contributed by atoms with Crippen LogP contribution in [-0.4, -0.2) is 22.1 Å². The van der Waals surface area contributed by atoms with E-state index in [0.29, 0.717) is 30.4 Å². The molecular weight excluding hydrogens is 352 g/mol. The van der Waals surface area contributed by atoms with Crippen molar-refractivity contribution in [3.63, 3.8) is 0 Å². The third kappa shape index (κ3) is 4.50. The van der Waals surface area contributed by atoms with Crippen LogP contribution in [0.2, 0.25) is 5.02 Å². The molecule has 0 aliphatic rings. The van der Waals surface area contributed by atoms with Gasteiger partial charge in [-0.25, -0.2) is 9.78 Å². The fourth-order valence-electron chi connectivity index (χ4n) is 2.46. The van der Waals surface area contributed by atoms with Crippen molar-refractivity contribution in [1.29, 1.82) is 0 Å². The second-order valence-electron chi connectivity index (χ2n) is 5.66. The van der Waals surface area contributed by atoms with Gasteiger partial charge in [-0.1, -0.05) is 29.8 Å². The molecule has 0 bridgehead atoms. The zero-order valence-corrected chi connectivity index (χ0v) is 15.1. The van der Waals surface area contributed by atoms with Crippen molar-refractivity contribution in [2.24, 2.45) is 0 Å². The van der Waals surface area contributed by atoms with Crippen LogP contribution >= 0.6 is 11.6 Å². The van der Waals surface area contributed by atoms with Crippen molar-refractivity contribution in [3.05, 3.63) is 82.9 Å². The van der Waals surface area contributed by atoms with E-state index in [2.05, 4.69) is 4.98 Å². The summed E-state index contributed by atoms with van der Waals surface area (Å²) in [6.07, 6.45) is 5.31. The molecule has 0 fully saturated rings. The summed E-state index contributed by atoms with van der Waals surface area (Å²) >= 11 is 6.35. The van der Waals surface area contributed by atoms with Gasteiger partial charge in [-0.15, -0.1) is 0 Å². The summed E-state index contributed by atoms with van der Waals surface area (Å²) in [5.74, 6) is -0.315. The number of halogens is 1. The van der Waals surface area contributed by atoms with Crippen molar-refractivity contribution in [2.75, 3.05) is 6.61 Å². The van der Waals surface area contributed by atoms with Crippen molar-refractivity contribution < 1.29 is 14.3 Å². The fraction of sp³-hybridized carbons (Fsp3) is 0.200. The Labute approximate surface area is 157 Å². The minimum absolute atomic E-state index is 0.315. The number of rotatable bonds is 7. The molecule has 0 saturated carbocycles. The van der Waals surface area contributed by atoms with Crippen LogP contribution in [0, 0.1) is 0 Å². The maximum absolute atomic E-state index is 11.6. The Hall–Kier alpha value is -2.63. The van der Waals surface area contributed by atoms with E-state index < -0.39 is 0 Å². The Morgan fingerprint density at radius 2 is 1.96 bits per heavy atom. The molecule has 1 aromatic heterocycles. The SMILES string of the molecule is CCOC(=O)c1ccc(COCc2ccc(-n3ccnc3)cc2Cl)cc1. The maximum atomic E-state index is 11.6. The van der Waals surface area contributed by atoms with Crippen LogP contribution in [0.5, 0.6) is 0 Å². The number of aromatic nitrogens is 2. The molecular formula is C20H19ClN2O3. The molecule has 0 saturated heterocycles. The molecule has 134 valence electrons. The average molecular weight is 371 g/mol. The van der Waals surface area contributed by atoms with Crippen molar-refractivity contribution >= 4 is 17.6 Å². The zero-order chi connectivity index (χ0) is 18.4. The predicted octanol–water partition coefficient (Wildman–Crippen LogP) is 4.42. The van der Waals surface area contributed by atoms with Gasteiger partial charge >= 0.3 is 5.97 Å². The molecule has 1 heterocycles. The van der Waals surface area contributed by atoms with Crippen LogP contribution in [0.1, 0.15) is 28.4 Å². The summed E-state index contributed by atoms with van der Waals surface area (Å²) in [6.45, 7) is 2.99. The molecule has 0 aliphatic heterocycles. The van der Waals surface area contributed by atoms with Gasteiger partial charge in [-0.2, -0.15) is 0 Å². The lowest BCUT2D eigenvalue weighted by Gasteiger charge is -2.09. The second-order valence-corrected chi connectivity index (χ2v) is 6.06. The van der Waals surface area contributed by atoms with Gasteiger partial charge in [0.25, 0.3) is 0 Å². The number of hydrogen-bond donors (Lipinski definition) is 0. The smallest absolute Gasteiger partial charge is 0.338 e. The van der Waals surface area contributed by atoms with Crippen molar-refractivity contribution in [3.8, 4) is 5.69 Å². The quantitative estimate of drug-likeness (QED) is 0.578. The van der Waals surface area contributed by atoms with Crippen molar-refractivity contribution in [1.82, 2.24) is 9.55 Å². The van der Waals surface area contributed by atoms with Crippen LogP contribution < -0.4 is 0 Å². The highest BCUT2D eigenvalue weighted by molar-refractivity contribution is 6.31. The molecule has 0 aliphatic carbocycles. The normalized spacial score (nSPS) is 10.7. The van der Waals surface area contributed by atoms with E-state index in [-0.39, 0.29) is 5.97 Å². The first-order valence-corrected chi connectivity index (χ1v) is 8.65. The Bertz CT molecular complexity index is 861. The highest BCUT2D eigenvalue weighted by atomic mass is 35.5. The first kappa shape index (κ1) is 18.2. The number of carbonyl (C=O) groups excluding carboxylic acids is 1. The van der Waals surface area contributed by atoms with E-state index >= 15 is 0 Å². The van der Waals surface area contributed by atoms with Gasteiger partial charge in [0, 0.05) is 23.1 Å². The van der Waals surface area contributed by atoms with Gasteiger partial charge < -0.3 is 14.0 Å². The van der Waals surface area contributed by atoms with Crippen LogP contribution in [0.25, 0.3) is 5.69 Å². The van der Waals surface area contributed by atoms with E-state index in [4.69, 9.17) is 21.1 Å². The zero-order valence-electron chi connectivity index (χ0n) is 14.4. The fourth-order valence-corrected chi connectivity index (χ4v) is 2.69. The molecule has 3 aromatic rings. The summed E-state index contributed by atoms with van der Waals surface area (Å²) in [5, 5.41) is 0.647. The molecule has 0 radical (unpaired) electrons. The second kappa shape index (κ2) is 8.65. The number of benzene rings is 2. The van der Waals surface area contributed by atoms with Gasteiger partial charge in [0.05, 0.1) is 31.7 Å². The Kier molecular flexibility index (Phi) is 6.04. The topological polar surface area (TPSA) is 53.4 Å². The summed E-state index contributed by atoms with van der Waals surface area (Å²) in [6, 6.07) is 13.0. The van der Waals surface area contributed by atoms with Crippen LogP contribution in [0.3, 0.4) is 0 Å². The van der Waals surface area contributed by atoms with E-state index in [1.165, 1.54) is 0 Å². The van der Waals surface area contributed by atoms with E-state index in [1.807, 2.05) is 41.1 Å². The lowest BCUT2D eigenvalue weighted by atomic mass is 10.1. The Morgan fingerprint density at radius 3 is 2.62 bits per heavy atom. The first-order valence-electron chi connectivity index (χ1n) is 8.28. The van der Waals surface area contributed by atoms with Crippen LogP contribution in [-0.2, 0) is 22.7 Å². The minimum Gasteiger partial charge on any atom is -0.462 e. The predicted molar refractivity (Wildman–Crippen MR) is 99.5 cm³/mol. The lowest BCUT2D eigenvalue weighted by molar-refractivity contribution is 0.0526. The lowest BCUT2D eigenvalue weighted by Crippen LogP contribution is -2.04. The number of imidazole rings is 1. The number of hydrogen-bond acceptors (Lipinski definition) is 4. The molecule has 0 spiro atoms. The molecule has 0 atom stereocenters. The molecule has 0 unspecified atom stereocenters. The van der Waals surface area contributed by atoms with Crippen molar-refractivity contribution in [2.45, 2.75) is 20.1 Å². The molecule has 0 N–H and O–H groups in total. The summed E-state index contributed by atoms with van der Waals surface area (Å²) in [7, 11) is 0. The number of carbonyl (C=O) groups is 1. The Morgan fingerprint density at radius 1 is 1.15 bits per heavy atom. The summed E-state index contributed by atoms with van der Waals surface area (Å²) in [4.78, 5) is 15.7. The van der Waals surface area contributed by atoms with E-state index in [1.54, 1.807) is 31.6 Å². The number of nitrogens with zero attached hydrogens (tertiary/aromatic N) is 2. The van der Waals surface area contributed by atoms with Gasteiger partial charge in [0.15, 0.2) is 0 Å². The van der Waals surface area contributed by atoms with Crippen LogP contribution in [0.4, 0.5) is 0 Å². The molecule has 26 heavy (non-hydrogen) atoms.